The van der Waals surface area contributed by atoms with Crippen molar-refractivity contribution in [3.8, 4) is 0 Å². The molecule has 2 heterocycles. The van der Waals surface area contributed by atoms with Crippen LogP contribution in [0.3, 0.4) is 0 Å². The van der Waals surface area contributed by atoms with Crippen LogP contribution < -0.4 is 0 Å². The summed E-state index contributed by atoms with van der Waals surface area (Å²) in [5.74, 6) is 0. The third-order valence-corrected chi connectivity index (χ3v) is 1.96. The highest BCUT2D eigenvalue weighted by Gasteiger charge is 2.12. The molecule has 0 saturated heterocycles. The average Bonchev–Trinajstić information content (AvgIpc) is 2.47. The predicted molar refractivity (Wildman–Crippen MR) is 54.8 cm³/mol. The fraction of sp³-hybridized carbons (Fsp3) is 0.500. The van der Waals surface area contributed by atoms with E-state index in [-0.39, 0.29) is 5.41 Å². The monoisotopic (exact) mass is 190 g/mol. The predicted octanol–water partition coefficient (Wildman–Crippen LogP) is 1.94. The van der Waals surface area contributed by atoms with Crippen molar-refractivity contribution in [2.75, 3.05) is 0 Å². The summed E-state index contributed by atoms with van der Waals surface area (Å²) in [5.41, 5.74) is 2.91. The van der Waals surface area contributed by atoms with Gasteiger partial charge in [0.1, 0.15) is 5.52 Å². The van der Waals surface area contributed by atoms with Crippen molar-refractivity contribution >= 4 is 11.2 Å². The number of nitrogens with one attached hydrogen (secondary N) is 1. The largest absolute Gasteiger partial charge is 0.256 e. The number of hydrogen-bond donors (Lipinski definition) is 1. The van der Waals surface area contributed by atoms with Crippen molar-refractivity contribution in [1.82, 2.24) is 20.4 Å². The van der Waals surface area contributed by atoms with Crippen LogP contribution in [0, 0.1) is 5.41 Å². The van der Waals surface area contributed by atoms with Gasteiger partial charge in [-0.2, -0.15) is 0 Å². The number of pyridine rings is 1. The Balaban J connectivity index is 2.35. The van der Waals surface area contributed by atoms with E-state index in [1.165, 1.54) is 0 Å². The van der Waals surface area contributed by atoms with Gasteiger partial charge in [-0.15, -0.1) is 5.10 Å². The average molecular weight is 190 g/mol. The number of aromatic amines is 1. The zero-order valence-electron chi connectivity index (χ0n) is 8.70. The molecule has 0 aliphatic heterocycles. The molecule has 2 aromatic rings. The molecule has 0 fully saturated rings. The number of nitrogens with zero attached hydrogens (tertiary/aromatic N) is 3. The number of hydrogen-bond acceptors (Lipinski definition) is 3. The minimum absolute atomic E-state index is 0.254. The quantitative estimate of drug-likeness (QED) is 0.747. The van der Waals surface area contributed by atoms with Crippen LogP contribution in [0.25, 0.3) is 11.2 Å². The third kappa shape index (κ3) is 1.89. The van der Waals surface area contributed by atoms with Gasteiger partial charge in [-0.3, -0.25) is 5.10 Å². The van der Waals surface area contributed by atoms with Gasteiger partial charge in [0.15, 0.2) is 0 Å². The smallest absolute Gasteiger partial charge is 0.201 e. The number of rotatable bonds is 1. The molecule has 2 aromatic heterocycles. The Kier molecular flexibility index (Phi) is 1.98. The van der Waals surface area contributed by atoms with E-state index in [0.29, 0.717) is 5.65 Å². The van der Waals surface area contributed by atoms with Crippen LogP contribution in [0.2, 0.25) is 0 Å². The molecule has 0 atom stereocenters. The van der Waals surface area contributed by atoms with Gasteiger partial charge in [0.25, 0.3) is 0 Å². The highest BCUT2D eigenvalue weighted by atomic mass is 15.3. The van der Waals surface area contributed by atoms with E-state index in [4.69, 9.17) is 0 Å². The Bertz CT molecular complexity index is 439. The van der Waals surface area contributed by atoms with Crippen molar-refractivity contribution in [2.45, 2.75) is 27.2 Å². The van der Waals surface area contributed by atoms with E-state index in [0.717, 1.165) is 17.6 Å². The first-order chi connectivity index (χ1) is 6.54. The van der Waals surface area contributed by atoms with Crippen molar-refractivity contribution in [1.29, 1.82) is 0 Å². The van der Waals surface area contributed by atoms with E-state index in [1.807, 2.05) is 12.1 Å². The minimum atomic E-state index is 0.254. The lowest BCUT2D eigenvalue weighted by Gasteiger charge is -2.16. The molecule has 4 nitrogen and oxygen atoms in total. The summed E-state index contributed by atoms with van der Waals surface area (Å²) >= 11 is 0. The zero-order chi connectivity index (χ0) is 10.2. The zero-order valence-corrected chi connectivity index (χ0v) is 8.70. The molecule has 0 amide bonds. The van der Waals surface area contributed by atoms with Crippen LogP contribution in [-0.2, 0) is 6.42 Å². The Morgan fingerprint density at radius 1 is 1.29 bits per heavy atom. The first-order valence-electron chi connectivity index (χ1n) is 4.71. The molecule has 0 spiro atoms. The van der Waals surface area contributed by atoms with Gasteiger partial charge in [0, 0.05) is 5.69 Å². The minimum Gasteiger partial charge on any atom is -0.256 e. The molecule has 0 aromatic carbocycles. The maximum atomic E-state index is 4.42. The summed E-state index contributed by atoms with van der Waals surface area (Å²) in [7, 11) is 0. The van der Waals surface area contributed by atoms with Gasteiger partial charge in [0.2, 0.25) is 5.65 Å². The Hall–Kier alpha value is -1.45. The summed E-state index contributed by atoms with van der Waals surface area (Å²) in [5, 5.41) is 10.4. The lowest BCUT2D eigenvalue weighted by atomic mass is 9.90. The Labute approximate surface area is 82.7 Å². The SMILES string of the molecule is CC(C)(C)Cc1ccc2[nH]nnc2n1. The third-order valence-electron chi connectivity index (χ3n) is 1.96. The summed E-state index contributed by atoms with van der Waals surface area (Å²) in [6, 6.07) is 4.00. The highest BCUT2D eigenvalue weighted by molar-refractivity contribution is 5.68. The molecule has 0 radical (unpaired) electrons. The van der Waals surface area contributed by atoms with Gasteiger partial charge >= 0.3 is 0 Å². The van der Waals surface area contributed by atoms with Crippen LogP contribution >= 0.6 is 0 Å². The summed E-state index contributed by atoms with van der Waals surface area (Å²) in [6.45, 7) is 6.59. The van der Waals surface area contributed by atoms with Gasteiger partial charge in [-0.25, -0.2) is 4.98 Å². The van der Waals surface area contributed by atoms with Crippen LogP contribution in [0.15, 0.2) is 12.1 Å². The molecule has 0 saturated carbocycles. The maximum absolute atomic E-state index is 4.42. The van der Waals surface area contributed by atoms with Crippen molar-refractivity contribution in [3.05, 3.63) is 17.8 Å². The molecule has 0 bridgehead atoms. The van der Waals surface area contributed by atoms with E-state index < -0.39 is 0 Å². The topological polar surface area (TPSA) is 54.5 Å². The molecular weight excluding hydrogens is 176 g/mol. The Morgan fingerprint density at radius 3 is 2.79 bits per heavy atom. The van der Waals surface area contributed by atoms with Gasteiger partial charge in [-0.1, -0.05) is 26.0 Å². The molecule has 0 aliphatic carbocycles. The molecule has 14 heavy (non-hydrogen) atoms. The normalized spacial score (nSPS) is 12.2. The summed E-state index contributed by atoms with van der Waals surface area (Å²) in [6.07, 6.45) is 0.954. The number of fused-ring (bicyclic) bond motifs is 1. The molecule has 2 rings (SSSR count). The van der Waals surface area contributed by atoms with E-state index in [9.17, 15) is 0 Å². The second kappa shape index (κ2) is 3.04. The molecule has 74 valence electrons. The standard InChI is InChI=1S/C10H14N4/c1-10(2,3)6-7-4-5-8-9(11-7)13-14-12-8/h4-5H,6H2,1-3H3,(H,11,12,13,14). The van der Waals surface area contributed by atoms with E-state index in [1.54, 1.807) is 0 Å². The number of H-pyrrole nitrogens is 1. The highest BCUT2D eigenvalue weighted by Crippen LogP contribution is 2.19. The Morgan fingerprint density at radius 2 is 2.07 bits per heavy atom. The molecule has 1 N–H and O–H groups in total. The van der Waals surface area contributed by atoms with Gasteiger partial charge in [-0.05, 0) is 24.0 Å². The maximum Gasteiger partial charge on any atom is 0.201 e. The first kappa shape index (κ1) is 9.12. The van der Waals surface area contributed by atoms with Crippen LogP contribution in [0.4, 0.5) is 0 Å². The van der Waals surface area contributed by atoms with Crippen molar-refractivity contribution in [2.24, 2.45) is 5.41 Å². The van der Waals surface area contributed by atoms with Crippen molar-refractivity contribution < 1.29 is 0 Å². The lowest BCUT2D eigenvalue weighted by molar-refractivity contribution is 0.407. The van der Waals surface area contributed by atoms with Crippen LogP contribution in [0.1, 0.15) is 26.5 Å². The van der Waals surface area contributed by atoms with Crippen LogP contribution in [0.5, 0.6) is 0 Å². The van der Waals surface area contributed by atoms with Gasteiger partial charge in [0.05, 0.1) is 0 Å². The second-order valence-corrected chi connectivity index (χ2v) is 4.72. The molecule has 0 aliphatic rings. The van der Waals surface area contributed by atoms with Crippen molar-refractivity contribution in [3.63, 3.8) is 0 Å². The molecular formula is C10H14N4. The summed E-state index contributed by atoms with van der Waals surface area (Å²) in [4.78, 5) is 4.42. The fourth-order valence-electron chi connectivity index (χ4n) is 1.42. The number of aromatic nitrogens is 4. The molecule has 4 heteroatoms. The van der Waals surface area contributed by atoms with E-state index in [2.05, 4.69) is 41.2 Å². The summed E-state index contributed by atoms with van der Waals surface area (Å²) < 4.78 is 0. The fourth-order valence-corrected chi connectivity index (χ4v) is 1.42. The second-order valence-electron chi connectivity index (χ2n) is 4.72. The first-order valence-corrected chi connectivity index (χ1v) is 4.71. The molecule has 0 unspecified atom stereocenters. The van der Waals surface area contributed by atoms with Crippen LogP contribution in [-0.4, -0.2) is 20.4 Å². The van der Waals surface area contributed by atoms with E-state index >= 15 is 0 Å². The van der Waals surface area contributed by atoms with Gasteiger partial charge < -0.3 is 0 Å². The lowest BCUT2D eigenvalue weighted by Crippen LogP contribution is -2.10.